The van der Waals surface area contributed by atoms with Crippen LogP contribution in [0.5, 0.6) is 11.5 Å². The van der Waals surface area contributed by atoms with E-state index < -0.39 is 0 Å². The molecule has 0 saturated carbocycles. The van der Waals surface area contributed by atoms with Crippen LogP contribution in [-0.4, -0.2) is 13.1 Å². The highest BCUT2D eigenvalue weighted by molar-refractivity contribution is 5.94. The maximum atomic E-state index is 13.4. The van der Waals surface area contributed by atoms with Gasteiger partial charge in [0.25, 0.3) is 0 Å². The van der Waals surface area contributed by atoms with Gasteiger partial charge in [-0.25, -0.2) is 4.79 Å². The van der Waals surface area contributed by atoms with Crippen molar-refractivity contribution in [2.24, 2.45) is 0 Å². The van der Waals surface area contributed by atoms with Crippen molar-refractivity contribution >= 4 is 5.97 Å². The molecular weight excluding hydrogens is 432 g/mol. The van der Waals surface area contributed by atoms with Crippen LogP contribution < -0.4 is 9.47 Å². The average Bonchev–Trinajstić information content (AvgIpc) is 2.77. The molecule has 3 aromatic rings. The number of carbonyl (C=O) groups excluding carboxylic acids is 1. The van der Waals surface area contributed by atoms with Gasteiger partial charge in [-0.3, -0.25) is 0 Å². The Morgan fingerprint density at radius 1 is 0.686 bits per heavy atom. The summed E-state index contributed by atoms with van der Waals surface area (Å²) in [5, 5.41) is 0. The molecule has 3 aromatic carbocycles. The Bertz CT molecular complexity index is 1250. The Hall–Kier alpha value is -3.07. The van der Waals surface area contributed by atoms with Gasteiger partial charge in [0.05, 0.1) is 12.7 Å². The van der Waals surface area contributed by atoms with Crippen molar-refractivity contribution in [3.05, 3.63) is 81.4 Å². The summed E-state index contributed by atoms with van der Waals surface area (Å²) in [6, 6.07) is 13.6. The second-order valence-electron chi connectivity index (χ2n) is 11.6. The molecule has 0 amide bonds. The minimum absolute atomic E-state index is 0.121. The summed E-state index contributed by atoms with van der Waals surface area (Å²) >= 11 is 0. The molecule has 0 radical (unpaired) electrons. The Morgan fingerprint density at radius 2 is 1.11 bits per heavy atom. The SMILES string of the molecule is COc1c(C(C)(C)C)cc(C)c(C)c1-c1c(C)c(C)cc(C(C)(C)C)c1OC(=O)c1ccccc1. The normalized spacial score (nSPS) is 12.0. The molecule has 186 valence electrons. The van der Waals surface area contributed by atoms with Crippen molar-refractivity contribution in [3.63, 3.8) is 0 Å². The van der Waals surface area contributed by atoms with Crippen LogP contribution in [0.3, 0.4) is 0 Å². The monoisotopic (exact) mass is 472 g/mol. The molecule has 3 nitrogen and oxygen atoms in total. The molecule has 0 unspecified atom stereocenters. The minimum Gasteiger partial charge on any atom is -0.496 e. The van der Waals surface area contributed by atoms with Gasteiger partial charge in [0, 0.05) is 22.3 Å². The summed E-state index contributed by atoms with van der Waals surface area (Å²) in [4.78, 5) is 13.4. The Balaban J connectivity index is 2.48. The molecule has 0 aliphatic heterocycles. The fraction of sp³-hybridized carbons (Fsp3) is 0.406. The minimum atomic E-state index is -0.360. The van der Waals surface area contributed by atoms with E-state index >= 15 is 0 Å². The lowest BCUT2D eigenvalue weighted by atomic mass is 9.77. The molecule has 35 heavy (non-hydrogen) atoms. The van der Waals surface area contributed by atoms with E-state index in [-0.39, 0.29) is 16.8 Å². The van der Waals surface area contributed by atoms with E-state index in [1.807, 2.05) is 18.2 Å². The van der Waals surface area contributed by atoms with Gasteiger partial charge in [0.2, 0.25) is 0 Å². The summed E-state index contributed by atoms with van der Waals surface area (Å²) in [6.45, 7) is 21.6. The molecule has 0 aromatic heterocycles. The number of hydrogen-bond donors (Lipinski definition) is 0. The lowest BCUT2D eigenvalue weighted by molar-refractivity contribution is 0.0732. The van der Waals surface area contributed by atoms with E-state index in [2.05, 4.69) is 81.4 Å². The van der Waals surface area contributed by atoms with Gasteiger partial charge in [0.15, 0.2) is 0 Å². The molecule has 0 spiro atoms. The van der Waals surface area contributed by atoms with E-state index in [4.69, 9.17) is 9.47 Å². The third kappa shape index (κ3) is 5.15. The van der Waals surface area contributed by atoms with Gasteiger partial charge in [0.1, 0.15) is 11.5 Å². The van der Waals surface area contributed by atoms with Crippen molar-refractivity contribution < 1.29 is 14.3 Å². The first-order valence-corrected chi connectivity index (χ1v) is 12.3. The molecule has 0 saturated heterocycles. The fourth-order valence-electron chi connectivity index (χ4n) is 4.55. The molecule has 0 atom stereocenters. The van der Waals surface area contributed by atoms with E-state index in [0.717, 1.165) is 44.7 Å². The Kier molecular flexibility index (Phi) is 7.22. The van der Waals surface area contributed by atoms with E-state index in [9.17, 15) is 4.79 Å². The van der Waals surface area contributed by atoms with Crippen LogP contribution in [0, 0.1) is 27.7 Å². The molecular formula is C32H40O3. The van der Waals surface area contributed by atoms with Crippen molar-refractivity contribution in [2.45, 2.75) is 80.1 Å². The van der Waals surface area contributed by atoms with Crippen molar-refractivity contribution in [1.82, 2.24) is 0 Å². The molecule has 0 N–H and O–H groups in total. The van der Waals surface area contributed by atoms with Crippen molar-refractivity contribution in [1.29, 1.82) is 0 Å². The van der Waals surface area contributed by atoms with Crippen molar-refractivity contribution in [3.8, 4) is 22.6 Å². The number of hydrogen-bond acceptors (Lipinski definition) is 3. The number of aryl methyl sites for hydroxylation is 2. The predicted molar refractivity (Wildman–Crippen MR) is 146 cm³/mol. The van der Waals surface area contributed by atoms with Crippen LogP contribution in [0.2, 0.25) is 0 Å². The second-order valence-corrected chi connectivity index (χ2v) is 11.6. The van der Waals surface area contributed by atoms with E-state index in [1.54, 1.807) is 19.2 Å². The molecule has 0 aliphatic carbocycles. The number of ether oxygens (including phenoxy) is 2. The predicted octanol–water partition coefficient (Wildman–Crippen LogP) is 8.41. The lowest BCUT2D eigenvalue weighted by Gasteiger charge is -2.30. The average molecular weight is 473 g/mol. The molecule has 3 rings (SSSR count). The summed E-state index contributed by atoms with van der Waals surface area (Å²) in [7, 11) is 1.73. The van der Waals surface area contributed by atoms with Gasteiger partial charge >= 0.3 is 5.97 Å². The molecule has 0 bridgehead atoms. The smallest absolute Gasteiger partial charge is 0.343 e. The number of rotatable bonds is 4. The van der Waals surface area contributed by atoms with Gasteiger partial charge < -0.3 is 9.47 Å². The zero-order valence-corrected chi connectivity index (χ0v) is 23.3. The Labute approximate surface area is 211 Å². The topological polar surface area (TPSA) is 35.5 Å². The highest BCUT2D eigenvalue weighted by Gasteiger charge is 2.31. The maximum absolute atomic E-state index is 13.4. The molecule has 0 heterocycles. The first-order chi connectivity index (χ1) is 16.2. The molecule has 0 fully saturated rings. The zero-order valence-electron chi connectivity index (χ0n) is 23.3. The first-order valence-electron chi connectivity index (χ1n) is 12.3. The second kappa shape index (κ2) is 9.53. The molecule has 3 heteroatoms. The van der Waals surface area contributed by atoms with Crippen molar-refractivity contribution in [2.75, 3.05) is 7.11 Å². The van der Waals surface area contributed by atoms with E-state index in [1.165, 1.54) is 5.56 Å². The number of carbonyl (C=O) groups is 1. The third-order valence-corrected chi connectivity index (χ3v) is 6.87. The van der Waals surface area contributed by atoms with Gasteiger partial charge in [-0.15, -0.1) is 0 Å². The van der Waals surface area contributed by atoms with Gasteiger partial charge in [-0.1, -0.05) is 71.9 Å². The summed E-state index contributed by atoms with van der Waals surface area (Å²) < 4.78 is 12.4. The van der Waals surface area contributed by atoms with Gasteiger partial charge in [-0.05, 0) is 72.9 Å². The van der Waals surface area contributed by atoms with Crippen LogP contribution >= 0.6 is 0 Å². The highest BCUT2D eigenvalue weighted by atomic mass is 16.5. The number of benzene rings is 3. The van der Waals surface area contributed by atoms with Crippen LogP contribution in [0.1, 0.15) is 85.3 Å². The van der Waals surface area contributed by atoms with E-state index in [0.29, 0.717) is 11.3 Å². The summed E-state index contributed by atoms with van der Waals surface area (Å²) in [5.74, 6) is 1.09. The summed E-state index contributed by atoms with van der Waals surface area (Å²) in [6.07, 6.45) is 0. The third-order valence-electron chi connectivity index (χ3n) is 6.87. The van der Waals surface area contributed by atoms with Gasteiger partial charge in [-0.2, -0.15) is 0 Å². The van der Waals surface area contributed by atoms with Crippen LogP contribution in [-0.2, 0) is 10.8 Å². The fourth-order valence-corrected chi connectivity index (χ4v) is 4.55. The number of esters is 1. The highest BCUT2D eigenvalue weighted by Crippen LogP contribution is 2.50. The maximum Gasteiger partial charge on any atom is 0.343 e. The quantitative estimate of drug-likeness (QED) is 0.282. The number of methoxy groups -OCH3 is 1. The lowest BCUT2D eigenvalue weighted by Crippen LogP contribution is -2.19. The standard InChI is InChI=1S/C32H40O3/c1-19-17-24(31(5,6)7)28(34-11)26(21(19)3)27-22(4)20(2)18-25(32(8,9)10)29(27)35-30(33)23-15-13-12-14-16-23/h12-18H,1-11H3. The zero-order chi connectivity index (χ0) is 26.3. The summed E-state index contributed by atoms with van der Waals surface area (Å²) in [5.41, 5.74) is 8.79. The van der Waals surface area contributed by atoms with Crippen LogP contribution in [0.4, 0.5) is 0 Å². The Morgan fingerprint density at radius 3 is 1.54 bits per heavy atom. The van der Waals surface area contributed by atoms with Crippen LogP contribution in [0.15, 0.2) is 42.5 Å². The largest absolute Gasteiger partial charge is 0.496 e. The first kappa shape index (κ1) is 26.5. The molecule has 0 aliphatic rings. The van der Waals surface area contributed by atoms with Crippen LogP contribution in [0.25, 0.3) is 11.1 Å².